The summed E-state index contributed by atoms with van der Waals surface area (Å²) in [6.45, 7) is 5.24. The molecule has 0 saturated carbocycles. The zero-order valence-corrected chi connectivity index (χ0v) is 14.1. The Balaban J connectivity index is 1.93. The summed E-state index contributed by atoms with van der Waals surface area (Å²) in [7, 11) is 0. The highest BCUT2D eigenvalue weighted by Gasteiger charge is 2.13. The molecule has 0 aliphatic carbocycles. The Morgan fingerprint density at radius 2 is 1.92 bits per heavy atom. The predicted molar refractivity (Wildman–Crippen MR) is 94.9 cm³/mol. The summed E-state index contributed by atoms with van der Waals surface area (Å²) < 4.78 is 7.66. The number of fused-ring (bicyclic) bond motifs is 1. The summed E-state index contributed by atoms with van der Waals surface area (Å²) in [6, 6.07) is 18.5. The van der Waals surface area contributed by atoms with Gasteiger partial charge in [0.1, 0.15) is 11.6 Å². The molecule has 0 fully saturated rings. The molecule has 1 atom stereocenters. The van der Waals surface area contributed by atoms with Crippen molar-refractivity contribution in [1.82, 2.24) is 9.55 Å². The molecule has 2 aromatic carbocycles. The van der Waals surface area contributed by atoms with Crippen LogP contribution < -0.4 is 4.74 Å². The van der Waals surface area contributed by atoms with Crippen molar-refractivity contribution in [2.75, 3.05) is 6.61 Å². The first kappa shape index (κ1) is 16.1. The van der Waals surface area contributed by atoms with E-state index in [1.807, 2.05) is 44.2 Å². The highest BCUT2D eigenvalue weighted by Crippen LogP contribution is 2.21. The second kappa shape index (κ2) is 7.18. The van der Waals surface area contributed by atoms with E-state index in [1.54, 1.807) is 0 Å². The third kappa shape index (κ3) is 3.41. The van der Waals surface area contributed by atoms with Gasteiger partial charge in [0.05, 0.1) is 29.6 Å². The average molecular weight is 319 g/mol. The van der Waals surface area contributed by atoms with E-state index in [0.717, 1.165) is 29.0 Å². The molecule has 24 heavy (non-hydrogen) atoms. The molecule has 1 heterocycles. The first-order chi connectivity index (χ1) is 11.7. The topological polar surface area (TPSA) is 50.8 Å². The number of imidazole rings is 1. The summed E-state index contributed by atoms with van der Waals surface area (Å²) in [4.78, 5) is 4.78. The van der Waals surface area contributed by atoms with Crippen LogP contribution in [0.2, 0.25) is 0 Å². The molecule has 0 spiro atoms. The van der Waals surface area contributed by atoms with E-state index in [9.17, 15) is 0 Å². The molecule has 122 valence electrons. The fourth-order valence-electron chi connectivity index (χ4n) is 2.83. The van der Waals surface area contributed by atoms with E-state index >= 15 is 0 Å². The van der Waals surface area contributed by atoms with Crippen molar-refractivity contribution < 1.29 is 4.74 Å². The molecule has 1 aromatic heterocycles. The quantitative estimate of drug-likeness (QED) is 0.684. The molecule has 0 aliphatic heterocycles. The van der Waals surface area contributed by atoms with Gasteiger partial charge in [-0.15, -0.1) is 0 Å². The molecule has 0 radical (unpaired) electrons. The van der Waals surface area contributed by atoms with Crippen molar-refractivity contribution in [3.8, 4) is 11.8 Å². The van der Waals surface area contributed by atoms with Crippen molar-refractivity contribution in [2.45, 2.75) is 26.8 Å². The minimum atomic E-state index is -0.0540. The Kier molecular flexibility index (Phi) is 4.81. The fourth-order valence-corrected chi connectivity index (χ4v) is 2.83. The van der Waals surface area contributed by atoms with E-state index in [2.05, 4.69) is 28.8 Å². The number of benzene rings is 2. The van der Waals surface area contributed by atoms with Crippen LogP contribution in [0.15, 0.2) is 48.5 Å². The molecule has 1 unspecified atom stereocenters. The maximum atomic E-state index is 9.17. The lowest BCUT2D eigenvalue weighted by atomic mass is 10.1. The van der Waals surface area contributed by atoms with E-state index in [0.29, 0.717) is 13.2 Å². The van der Waals surface area contributed by atoms with Crippen LogP contribution in [-0.4, -0.2) is 16.2 Å². The van der Waals surface area contributed by atoms with Gasteiger partial charge < -0.3 is 9.30 Å². The van der Waals surface area contributed by atoms with Gasteiger partial charge in [-0.25, -0.2) is 4.98 Å². The first-order valence-electron chi connectivity index (χ1n) is 8.26. The summed E-state index contributed by atoms with van der Waals surface area (Å²) in [6.07, 6.45) is 0.735. The standard InChI is InChI=1S/C20H21N3O/c1-3-24-17-10-8-16(9-11-17)12-20-22-18-6-4-5-7-19(18)23(20)14-15(2)13-21/h4-11,15H,3,12,14H2,1-2H3. The van der Waals surface area contributed by atoms with Gasteiger partial charge in [0.25, 0.3) is 0 Å². The molecule has 3 aromatic rings. The Morgan fingerprint density at radius 3 is 2.62 bits per heavy atom. The van der Waals surface area contributed by atoms with Gasteiger partial charge >= 0.3 is 0 Å². The Hall–Kier alpha value is -2.80. The monoisotopic (exact) mass is 319 g/mol. The average Bonchev–Trinajstić information content (AvgIpc) is 2.94. The SMILES string of the molecule is CCOc1ccc(Cc2nc3ccccc3n2CC(C)C#N)cc1. The summed E-state index contributed by atoms with van der Waals surface area (Å²) in [5, 5.41) is 9.17. The molecule has 4 heteroatoms. The zero-order chi connectivity index (χ0) is 16.9. The largest absolute Gasteiger partial charge is 0.494 e. The molecular formula is C20H21N3O. The molecule has 4 nitrogen and oxygen atoms in total. The van der Waals surface area contributed by atoms with Gasteiger partial charge in [-0.2, -0.15) is 5.26 Å². The maximum Gasteiger partial charge on any atom is 0.119 e. The highest BCUT2D eigenvalue weighted by molar-refractivity contribution is 5.76. The van der Waals surface area contributed by atoms with E-state index in [-0.39, 0.29) is 5.92 Å². The minimum absolute atomic E-state index is 0.0540. The van der Waals surface area contributed by atoms with Gasteiger partial charge in [0.15, 0.2) is 0 Å². The van der Waals surface area contributed by atoms with Crippen LogP contribution in [0.5, 0.6) is 5.75 Å². The molecule has 0 bridgehead atoms. The van der Waals surface area contributed by atoms with Crippen LogP contribution >= 0.6 is 0 Å². The maximum absolute atomic E-state index is 9.17. The molecular weight excluding hydrogens is 298 g/mol. The van der Waals surface area contributed by atoms with Crippen LogP contribution in [0.3, 0.4) is 0 Å². The second-order valence-corrected chi connectivity index (χ2v) is 5.91. The molecule has 0 amide bonds. The van der Waals surface area contributed by atoms with Crippen molar-refractivity contribution in [3.05, 3.63) is 59.9 Å². The first-order valence-corrected chi connectivity index (χ1v) is 8.26. The predicted octanol–water partition coefficient (Wildman–Crippen LogP) is 4.19. The summed E-state index contributed by atoms with van der Waals surface area (Å²) >= 11 is 0. The van der Waals surface area contributed by atoms with Crippen LogP contribution in [0.4, 0.5) is 0 Å². The third-order valence-corrected chi connectivity index (χ3v) is 4.01. The van der Waals surface area contributed by atoms with Crippen LogP contribution in [0.25, 0.3) is 11.0 Å². The van der Waals surface area contributed by atoms with Crippen LogP contribution in [-0.2, 0) is 13.0 Å². The van der Waals surface area contributed by atoms with Crippen molar-refractivity contribution in [3.63, 3.8) is 0 Å². The van der Waals surface area contributed by atoms with E-state index in [4.69, 9.17) is 15.0 Å². The normalized spacial score (nSPS) is 12.0. The lowest BCUT2D eigenvalue weighted by Gasteiger charge is -2.11. The van der Waals surface area contributed by atoms with Gasteiger partial charge in [-0.3, -0.25) is 0 Å². The number of hydrogen-bond acceptors (Lipinski definition) is 3. The van der Waals surface area contributed by atoms with Gasteiger partial charge in [-0.05, 0) is 43.7 Å². The van der Waals surface area contributed by atoms with Gasteiger partial charge in [-0.1, -0.05) is 24.3 Å². The molecule has 0 saturated heterocycles. The fraction of sp³-hybridized carbons (Fsp3) is 0.300. The van der Waals surface area contributed by atoms with Crippen LogP contribution in [0, 0.1) is 17.2 Å². The number of nitriles is 1. The van der Waals surface area contributed by atoms with Crippen LogP contribution in [0.1, 0.15) is 25.2 Å². The van der Waals surface area contributed by atoms with Crippen molar-refractivity contribution in [2.24, 2.45) is 5.92 Å². The molecule has 0 aliphatic rings. The van der Waals surface area contributed by atoms with Gasteiger partial charge in [0, 0.05) is 13.0 Å². The Bertz CT molecular complexity index is 859. The smallest absolute Gasteiger partial charge is 0.119 e. The number of nitrogens with zero attached hydrogens (tertiary/aromatic N) is 3. The molecule has 3 rings (SSSR count). The lowest BCUT2D eigenvalue weighted by molar-refractivity contribution is 0.340. The van der Waals surface area contributed by atoms with E-state index in [1.165, 1.54) is 5.56 Å². The highest BCUT2D eigenvalue weighted by atomic mass is 16.5. The number of hydrogen-bond donors (Lipinski definition) is 0. The van der Waals surface area contributed by atoms with Crippen molar-refractivity contribution in [1.29, 1.82) is 5.26 Å². The number of ether oxygens (including phenoxy) is 1. The third-order valence-electron chi connectivity index (χ3n) is 4.01. The second-order valence-electron chi connectivity index (χ2n) is 5.91. The number of rotatable bonds is 6. The number of aromatic nitrogens is 2. The lowest BCUT2D eigenvalue weighted by Crippen LogP contribution is -2.10. The zero-order valence-electron chi connectivity index (χ0n) is 14.1. The van der Waals surface area contributed by atoms with E-state index < -0.39 is 0 Å². The summed E-state index contributed by atoms with van der Waals surface area (Å²) in [5.74, 6) is 1.82. The Morgan fingerprint density at radius 1 is 1.17 bits per heavy atom. The summed E-state index contributed by atoms with van der Waals surface area (Å²) in [5.41, 5.74) is 3.24. The number of para-hydroxylation sites is 2. The Labute approximate surface area is 142 Å². The minimum Gasteiger partial charge on any atom is -0.494 e. The molecule has 0 N–H and O–H groups in total. The van der Waals surface area contributed by atoms with Gasteiger partial charge in [0.2, 0.25) is 0 Å². The van der Waals surface area contributed by atoms with Crippen molar-refractivity contribution >= 4 is 11.0 Å².